The molecule has 0 atom stereocenters. The van der Waals surface area contributed by atoms with E-state index < -0.39 is 8.07 Å². The molecular weight excluding hydrogens is 695 g/mol. The number of unbranched alkanes of at least 4 members (excludes halogenated alkanes) is 2. The van der Waals surface area contributed by atoms with Gasteiger partial charge in [0.15, 0.2) is 0 Å². The van der Waals surface area contributed by atoms with Crippen LogP contribution in [0.1, 0.15) is 61.8 Å². The van der Waals surface area contributed by atoms with Gasteiger partial charge in [0.25, 0.3) is 0 Å². The maximum atomic E-state index is 2.65. The van der Waals surface area contributed by atoms with Crippen LogP contribution in [-0.4, -0.2) is 8.07 Å². The van der Waals surface area contributed by atoms with Gasteiger partial charge in [-0.2, -0.15) is 10.4 Å². The van der Waals surface area contributed by atoms with Crippen LogP contribution in [0.4, 0.5) is 0 Å². The maximum absolute atomic E-state index is 2.65. The van der Waals surface area contributed by atoms with Crippen molar-refractivity contribution in [2.24, 2.45) is 0 Å². The normalized spacial score (nSPS) is 11.3. The third-order valence-corrected chi connectivity index (χ3v) is 13.2. The largest absolute Gasteiger partial charge is 4.00 e. The Kier molecular flexibility index (Phi) is 13.5. The summed E-state index contributed by atoms with van der Waals surface area (Å²) in [4.78, 5) is 0. The first-order valence-corrected chi connectivity index (χ1v) is 19.4. The van der Waals surface area contributed by atoms with Crippen molar-refractivity contribution in [3.8, 4) is 22.3 Å². The van der Waals surface area contributed by atoms with Crippen molar-refractivity contribution < 1.29 is 51.0 Å². The van der Waals surface area contributed by atoms with E-state index in [4.69, 9.17) is 0 Å². The van der Waals surface area contributed by atoms with Crippen molar-refractivity contribution in [3.63, 3.8) is 0 Å². The summed E-state index contributed by atoms with van der Waals surface area (Å²) in [5.41, 5.74) is 11.2. The molecule has 0 radical (unpaired) electrons. The molecule has 0 heterocycles. The zero-order valence-corrected chi connectivity index (χ0v) is 33.2. The molecule has 0 nitrogen and oxygen atoms in total. The number of aryl methyl sites for hydroxylation is 4. The van der Waals surface area contributed by atoms with Gasteiger partial charge in [-0.15, -0.1) is 69.1 Å². The van der Waals surface area contributed by atoms with E-state index in [9.17, 15) is 0 Å². The fraction of sp³-hybridized carbons (Fsp3) is 0.286. The predicted octanol–water partition coefficient (Wildman–Crippen LogP) is 4.89. The Bertz CT molecular complexity index is 1740. The number of fused-ring (bicyclic) bond motifs is 2. The Morgan fingerprint density at radius 1 is 0.543 bits per heavy atom. The molecule has 0 bridgehead atoms. The second-order valence-corrected chi connectivity index (χ2v) is 17.4. The quantitative estimate of drug-likeness (QED) is 0.139. The van der Waals surface area contributed by atoms with Crippen LogP contribution in [0.5, 0.6) is 0 Å². The van der Waals surface area contributed by atoms with Crippen LogP contribution >= 0.6 is 0 Å². The van der Waals surface area contributed by atoms with Gasteiger partial charge in [-0.05, 0) is 37.8 Å². The van der Waals surface area contributed by atoms with Gasteiger partial charge in [0, 0.05) is 8.07 Å². The molecule has 6 rings (SSSR count). The van der Waals surface area contributed by atoms with Gasteiger partial charge in [0.2, 0.25) is 0 Å². The van der Waals surface area contributed by atoms with Crippen LogP contribution in [-0.2, 0) is 39.0 Å². The molecule has 0 aromatic heterocycles. The summed E-state index contributed by atoms with van der Waals surface area (Å²) in [6.07, 6.45) is 7.19. The minimum Gasteiger partial charge on any atom is -1.00 e. The Labute approximate surface area is 309 Å². The fourth-order valence-corrected chi connectivity index (χ4v) is 11.5. The molecule has 0 saturated heterocycles. The molecule has 0 saturated carbocycles. The van der Waals surface area contributed by atoms with Crippen LogP contribution in [0.3, 0.4) is 0 Å². The number of rotatable bonds is 10. The molecule has 0 aliphatic heterocycles. The summed E-state index contributed by atoms with van der Waals surface area (Å²) in [5, 5.41) is 9.14. The molecule has 0 aliphatic rings. The molecule has 6 aromatic carbocycles. The number of hydrogen-bond donors (Lipinski definition) is 0. The van der Waals surface area contributed by atoms with Crippen LogP contribution in [0.2, 0.25) is 13.1 Å². The minimum absolute atomic E-state index is 0. The molecule has 6 aromatic rings. The molecule has 46 heavy (non-hydrogen) atoms. The number of hydrogen-bond acceptors (Lipinski definition) is 0. The molecule has 0 unspecified atom stereocenters. The monoisotopic (exact) mass is 738 g/mol. The van der Waals surface area contributed by atoms with Crippen molar-refractivity contribution in [2.45, 2.75) is 79.3 Å². The average Bonchev–Trinajstić information content (AvgIpc) is 3.59. The second-order valence-electron chi connectivity index (χ2n) is 13.2. The number of benzene rings is 4. The zero-order chi connectivity index (χ0) is 30.1. The summed E-state index contributed by atoms with van der Waals surface area (Å²) in [6, 6.07) is 37.4. The van der Waals surface area contributed by atoms with E-state index in [0.29, 0.717) is 0 Å². The Morgan fingerprint density at radius 2 is 0.913 bits per heavy atom. The van der Waals surface area contributed by atoms with E-state index in [1.54, 1.807) is 21.5 Å². The topological polar surface area (TPSA) is 0 Å². The van der Waals surface area contributed by atoms with E-state index in [2.05, 4.69) is 138 Å². The standard InChI is InChI=1S/C42H46Si.2ClH.Zr/c1-7-9-13-35-27-33-15-11-17-37(31-23-19-29(3)20-24-31)39(33)41(35)43(5,6)42-36(14-10-8-2)28-34-16-12-18-38(40(34)42)32-25-21-30(4)22-26-32;;;/h11-12,15-28H,7-10,13-14H2,1-6H3;2*1H;/q-2;;;+4/p-2. The predicted molar refractivity (Wildman–Crippen MR) is 193 cm³/mol. The van der Waals surface area contributed by atoms with E-state index in [1.165, 1.54) is 80.6 Å². The smallest absolute Gasteiger partial charge is 1.00 e. The van der Waals surface area contributed by atoms with Gasteiger partial charge in [0.05, 0.1) is 0 Å². The molecular formula is C42H46Cl2SiZr. The summed E-state index contributed by atoms with van der Waals surface area (Å²) < 4.78 is 0. The fourth-order valence-electron chi connectivity index (χ4n) is 7.41. The van der Waals surface area contributed by atoms with Gasteiger partial charge in [-0.3, -0.25) is 0 Å². The number of halogens is 2. The Hall–Kier alpha value is -2.22. The molecule has 4 heteroatoms. The Morgan fingerprint density at radius 3 is 1.26 bits per heavy atom. The minimum atomic E-state index is -2.22. The third kappa shape index (κ3) is 7.27. The SMILES string of the molecule is CCCCc1[cH-]c2cccc(-c3ccc(C)cc3)c2c1[Si](C)(C)c1c(CCCC)[cH-]c2cccc(-c3ccc(C)cc3)c12.[Cl-].[Cl-].[Zr+4]. The van der Waals surface area contributed by atoms with Gasteiger partial charge in [-0.25, -0.2) is 0 Å². The maximum Gasteiger partial charge on any atom is 4.00 e. The summed E-state index contributed by atoms with van der Waals surface area (Å²) in [6.45, 7) is 14.3. The first-order chi connectivity index (χ1) is 20.8. The van der Waals surface area contributed by atoms with E-state index in [1.807, 2.05) is 0 Å². The van der Waals surface area contributed by atoms with E-state index >= 15 is 0 Å². The Balaban J connectivity index is 0.00000192. The van der Waals surface area contributed by atoms with Gasteiger partial charge < -0.3 is 24.8 Å². The van der Waals surface area contributed by atoms with E-state index in [-0.39, 0.29) is 51.0 Å². The van der Waals surface area contributed by atoms with Gasteiger partial charge in [-0.1, -0.05) is 136 Å². The van der Waals surface area contributed by atoms with Crippen molar-refractivity contribution in [1.29, 1.82) is 0 Å². The third-order valence-electron chi connectivity index (χ3n) is 9.57. The van der Waals surface area contributed by atoms with Crippen molar-refractivity contribution in [3.05, 3.63) is 119 Å². The molecule has 0 aliphatic carbocycles. The second kappa shape index (κ2) is 16.3. The first kappa shape index (κ1) is 38.2. The van der Waals surface area contributed by atoms with E-state index in [0.717, 1.165) is 12.8 Å². The summed E-state index contributed by atoms with van der Waals surface area (Å²) in [7, 11) is -2.22. The van der Waals surface area contributed by atoms with Crippen LogP contribution in [0, 0.1) is 13.8 Å². The van der Waals surface area contributed by atoms with Gasteiger partial charge >= 0.3 is 26.2 Å². The summed E-state index contributed by atoms with van der Waals surface area (Å²) >= 11 is 0. The molecule has 0 amide bonds. The van der Waals surface area contributed by atoms with Crippen molar-refractivity contribution >= 4 is 40.0 Å². The van der Waals surface area contributed by atoms with Crippen LogP contribution < -0.4 is 35.2 Å². The van der Waals surface area contributed by atoms with Crippen molar-refractivity contribution in [2.75, 3.05) is 0 Å². The first-order valence-electron chi connectivity index (χ1n) is 16.4. The van der Waals surface area contributed by atoms with Gasteiger partial charge in [0.1, 0.15) is 0 Å². The van der Waals surface area contributed by atoms with Crippen LogP contribution in [0.25, 0.3) is 43.8 Å². The van der Waals surface area contributed by atoms with Crippen molar-refractivity contribution in [1.82, 2.24) is 0 Å². The summed E-state index contributed by atoms with van der Waals surface area (Å²) in [5.74, 6) is 0. The zero-order valence-electron chi connectivity index (χ0n) is 28.2. The van der Waals surface area contributed by atoms with Crippen LogP contribution in [0.15, 0.2) is 97.1 Å². The average molecular weight is 741 g/mol. The molecule has 236 valence electrons. The molecule has 0 spiro atoms. The molecule has 0 fully saturated rings. The molecule has 0 N–H and O–H groups in total.